The van der Waals surface area contributed by atoms with E-state index in [1.807, 2.05) is 4.90 Å². The summed E-state index contributed by atoms with van der Waals surface area (Å²) in [6, 6.07) is 16.9. The molecule has 1 saturated heterocycles. The summed E-state index contributed by atoms with van der Waals surface area (Å²) < 4.78 is 26.9. The molecule has 1 heterocycles. The fourth-order valence-electron chi connectivity index (χ4n) is 3.77. The van der Waals surface area contributed by atoms with Crippen LogP contribution in [-0.2, 0) is 14.8 Å². The Morgan fingerprint density at radius 1 is 0.926 bits per heavy atom. The van der Waals surface area contributed by atoms with Gasteiger partial charge in [0.2, 0.25) is 15.9 Å². The van der Waals surface area contributed by atoms with Gasteiger partial charge >= 0.3 is 0 Å². The lowest BCUT2D eigenvalue weighted by Crippen LogP contribution is -2.51. The number of piperazine rings is 1. The van der Waals surface area contributed by atoms with Crippen LogP contribution in [0.15, 0.2) is 59.5 Å². The Morgan fingerprint density at radius 3 is 2.19 bits per heavy atom. The summed E-state index contributed by atoms with van der Waals surface area (Å²) in [6.45, 7) is 3.68. The Labute approximate surface area is 160 Å². The molecule has 0 bridgehead atoms. The molecule has 6 heteroatoms. The van der Waals surface area contributed by atoms with Crippen molar-refractivity contribution >= 4 is 15.9 Å². The Bertz CT molecular complexity index is 918. The van der Waals surface area contributed by atoms with Gasteiger partial charge in [0.05, 0.1) is 4.90 Å². The van der Waals surface area contributed by atoms with Crippen molar-refractivity contribution in [2.45, 2.75) is 24.2 Å². The molecule has 1 aliphatic heterocycles. The van der Waals surface area contributed by atoms with Crippen LogP contribution >= 0.6 is 0 Å². The first-order chi connectivity index (χ1) is 13.0. The molecule has 2 atom stereocenters. The third-order valence-electron chi connectivity index (χ3n) is 5.54. The van der Waals surface area contributed by atoms with E-state index in [-0.39, 0.29) is 11.8 Å². The van der Waals surface area contributed by atoms with E-state index in [1.165, 1.54) is 15.4 Å². The van der Waals surface area contributed by atoms with Gasteiger partial charge in [-0.25, -0.2) is 8.42 Å². The fourth-order valence-corrected chi connectivity index (χ4v) is 5.22. The zero-order valence-corrected chi connectivity index (χ0v) is 16.2. The van der Waals surface area contributed by atoms with E-state index in [1.54, 1.807) is 30.3 Å². The second kappa shape index (κ2) is 7.09. The molecule has 2 fully saturated rings. The lowest BCUT2D eigenvalue weighted by atomic mass is 10.1. The minimum atomic E-state index is -3.48. The zero-order chi connectivity index (χ0) is 19.0. The monoisotopic (exact) mass is 384 g/mol. The molecular formula is C21H24N2O3S. The standard InChI is InChI=1S/C21H24N2O3S/c1-16-7-9-17(10-8-16)19-15-20(19)21(24)22-11-13-23(14-12-22)27(25,26)18-5-3-2-4-6-18/h2-10,19-20H,11-15H2,1H3. The van der Waals surface area contributed by atoms with Crippen molar-refractivity contribution in [2.75, 3.05) is 26.2 Å². The lowest BCUT2D eigenvalue weighted by Gasteiger charge is -2.34. The van der Waals surface area contributed by atoms with Gasteiger partial charge in [-0.1, -0.05) is 48.0 Å². The number of rotatable bonds is 4. The van der Waals surface area contributed by atoms with Crippen molar-refractivity contribution in [1.82, 2.24) is 9.21 Å². The van der Waals surface area contributed by atoms with Gasteiger partial charge < -0.3 is 4.90 Å². The maximum Gasteiger partial charge on any atom is 0.243 e. The number of sulfonamides is 1. The summed E-state index contributed by atoms with van der Waals surface area (Å²) in [4.78, 5) is 14.9. The van der Waals surface area contributed by atoms with Crippen molar-refractivity contribution in [1.29, 1.82) is 0 Å². The zero-order valence-electron chi connectivity index (χ0n) is 15.4. The largest absolute Gasteiger partial charge is 0.340 e. The second-order valence-electron chi connectivity index (χ2n) is 7.40. The van der Waals surface area contributed by atoms with Crippen LogP contribution in [0.2, 0.25) is 0 Å². The number of benzene rings is 2. The fraction of sp³-hybridized carbons (Fsp3) is 0.381. The summed E-state index contributed by atoms with van der Waals surface area (Å²) in [6.07, 6.45) is 0.893. The summed E-state index contributed by atoms with van der Waals surface area (Å²) in [5, 5.41) is 0. The number of nitrogens with zero attached hydrogens (tertiary/aromatic N) is 2. The van der Waals surface area contributed by atoms with Gasteiger partial charge in [-0.2, -0.15) is 4.31 Å². The first-order valence-electron chi connectivity index (χ1n) is 9.37. The Balaban J connectivity index is 1.36. The Kier molecular flexibility index (Phi) is 4.78. The Morgan fingerprint density at radius 2 is 1.56 bits per heavy atom. The van der Waals surface area contributed by atoms with Gasteiger partial charge in [0.25, 0.3) is 0 Å². The van der Waals surface area contributed by atoms with Gasteiger partial charge in [0.1, 0.15) is 0 Å². The molecule has 2 unspecified atom stereocenters. The van der Waals surface area contributed by atoms with Crippen LogP contribution in [-0.4, -0.2) is 49.7 Å². The quantitative estimate of drug-likeness (QED) is 0.814. The van der Waals surface area contributed by atoms with Crippen LogP contribution < -0.4 is 0 Å². The normalized spacial score (nSPS) is 23.2. The van der Waals surface area contributed by atoms with Gasteiger partial charge in [-0.3, -0.25) is 4.79 Å². The first kappa shape index (κ1) is 18.2. The SMILES string of the molecule is Cc1ccc(C2CC2C(=O)N2CCN(S(=O)(=O)c3ccccc3)CC2)cc1. The van der Waals surface area contributed by atoms with Crippen LogP contribution in [0.25, 0.3) is 0 Å². The van der Waals surface area contributed by atoms with Crippen molar-refractivity contribution < 1.29 is 13.2 Å². The minimum Gasteiger partial charge on any atom is -0.340 e. The number of hydrogen-bond donors (Lipinski definition) is 0. The molecule has 142 valence electrons. The van der Waals surface area contributed by atoms with Crippen molar-refractivity contribution in [3.05, 3.63) is 65.7 Å². The average Bonchev–Trinajstić information content (AvgIpc) is 3.49. The molecule has 27 heavy (non-hydrogen) atoms. The number of aryl methyl sites for hydroxylation is 1. The van der Waals surface area contributed by atoms with E-state index >= 15 is 0 Å². The van der Waals surface area contributed by atoms with Crippen LogP contribution in [0, 0.1) is 12.8 Å². The highest BCUT2D eigenvalue weighted by Gasteiger charge is 2.46. The van der Waals surface area contributed by atoms with E-state index in [0.29, 0.717) is 37.0 Å². The van der Waals surface area contributed by atoms with Gasteiger partial charge in [0, 0.05) is 32.1 Å². The van der Waals surface area contributed by atoms with E-state index in [2.05, 4.69) is 31.2 Å². The molecule has 5 nitrogen and oxygen atoms in total. The van der Waals surface area contributed by atoms with Gasteiger partial charge in [-0.05, 0) is 37.0 Å². The van der Waals surface area contributed by atoms with Crippen LogP contribution in [0.4, 0.5) is 0 Å². The summed E-state index contributed by atoms with van der Waals surface area (Å²) in [5.41, 5.74) is 2.45. The maximum absolute atomic E-state index is 12.8. The highest BCUT2D eigenvalue weighted by atomic mass is 32.2. The first-order valence-corrected chi connectivity index (χ1v) is 10.8. The molecule has 2 aromatic carbocycles. The number of carbonyl (C=O) groups excluding carboxylic acids is 1. The summed E-state index contributed by atoms with van der Waals surface area (Å²) >= 11 is 0. The predicted octanol–water partition coefficient (Wildman–Crippen LogP) is 2.63. The molecule has 1 amide bonds. The van der Waals surface area contributed by atoms with Gasteiger partial charge in [-0.15, -0.1) is 0 Å². The highest BCUT2D eigenvalue weighted by Crippen LogP contribution is 2.48. The van der Waals surface area contributed by atoms with Crippen LogP contribution in [0.5, 0.6) is 0 Å². The topological polar surface area (TPSA) is 57.7 Å². The molecular weight excluding hydrogens is 360 g/mol. The van der Waals surface area contributed by atoms with Gasteiger partial charge in [0.15, 0.2) is 0 Å². The highest BCUT2D eigenvalue weighted by molar-refractivity contribution is 7.89. The molecule has 0 N–H and O–H groups in total. The predicted molar refractivity (Wildman–Crippen MR) is 104 cm³/mol. The van der Waals surface area contributed by atoms with E-state index in [4.69, 9.17) is 0 Å². The van der Waals surface area contributed by atoms with Crippen molar-refractivity contribution in [2.24, 2.45) is 5.92 Å². The van der Waals surface area contributed by atoms with Crippen LogP contribution in [0.3, 0.4) is 0 Å². The minimum absolute atomic E-state index is 0.0463. The molecule has 2 aromatic rings. The molecule has 1 aliphatic carbocycles. The lowest BCUT2D eigenvalue weighted by molar-refractivity contribution is -0.133. The average molecular weight is 385 g/mol. The summed E-state index contributed by atoms with van der Waals surface area (Å²) in [7, 11) is -3.48. The number of carbonyl (C=O) groups is 1. The van der Waals surface area contributed by atoms with Crippen LogP contribution in [0.1, 0.15) is 23.5 Å². The number of hydrogen-bond acceptors (Lipinski definition) is 3. The second-order valence-corrected chi connectivity index (χ2v) is 9.34. The molecule has 4 rings (SSSR count). The smallest absolute Gasteiger partial charge is 0.243 e. The molecule has 2 aliphatic rings. The van der Waals surface area contributed by atoms with Crippen molar-refractivity contribution in [3.63, 3.8) is 0 Å². The van der Waals surface area contributed by atoms with Crippen molar-refractivity contribution in [3.8, 4) is 0 Å². The third-order valence-corrected chi connectivity index (χ3v) is 7.46. The maximum atomic E-state index is 12.8. The molecule has 0 spiro atoms. The molecule has 1 saturated carbocycles. The Hall–Kier alpha value is -2.18. The molecule has 0 aromatic heterocycles. The van der Waals surface area contributed by atoms with E-state index < -0.39 is 10.0 Å². The number of amides is 1. The molecule has 0 radical (unpaired) electrons. The third kappa shape index (κ3) is 3.64. The van der Waals surface area contributed by atoms with E-state index in [9.17, 15) is 13.2 Å². The summed E-state index contributed by atoms with van der Waals surface area (Å²) in [5.74, 6) is 0.520. The van der Waals surface area contributed by atoms with E-state index in [0.717, 1.165) is 6.42 Å².